The molecule has 0 aromatic carbocycles. The van der Waals surface area contributed by atoms with Crippen molar-refractivity contribution in [3.63, 3.8) is 0 Å². The summed E-state index contributed by atoms with van der Waals surface area (Å²) in [5.74, 6) is -0.787. The van der Waals surface area contributed by atoms with E-state index >= 15 is 0 Å². The molecule has 5 heteroatoms. The van der Waals surface area contributed by atoms with Crippen LogP contribution in [0.4, 0.5) is 0 Å². The standard InChI is InChI=1S/C11H19ClN2O2/c12-7-8-13-10(15)11(16)14-9-5-3-1-2-4-6-9/h9H,1-8H2,(H,13,15)(H,14,16). The van der Waals surface area contributed by atoms with Gasteiger partial charge in [0.25, 0.3) is 0 Å². The van der Waals surface area contributed by atoms with Crippen molar-refractivity contribution >= 4 is 23.4 Å². The van der Waals surface area contributed by atoms with Crippen LogP contribution in [0.15, 0.2) is 0 Å². The van der Waals surface area contributed by atoms with Gasteiger partial charge in [0.15, 0.2) is 0 Å². The van der Waals surface area contributed by atoms with Crippen LogP contribution in [0.25, 0.3) is 0 Å². The van der Waals surface area contributed by atoms with Crippen LogP contribution in [0.1, 0.15) is 38.5 Å². The highest BCUT2D eigenvalue weighted by Gasteiger charge is 2.18. The summed E-state index contributed by atoms with van der Waals surface area (Å²) in [7, 11) is 0. The average Bonchev–Trinajstić information content (AvgIpc) is 2.54. The van der Waals surface area contributed by atoms with Crippen LogP contribution in [0, 0.1) is 0 Å². The second kappa shape index (κ2) is 7.49. The van der Waals surface area contributed by atoms with Crippen molar-refractivity contribution < 1.29 is 9.59 Å². The van der Waals surface area contributed by atoms with Crippen molar-refractivity contribution in [2.24, 2.45) is 0 Å². The van der Waals surface area contributed by atoms with Crippen molar-refractivity contribution in [3.05, 3.63) is 0 Å². The van der Waals surface area contributed by atoms with Gasteiger partial charge in [0.1, 0.15) is 0 Å². The van der Waals surface area contributed by atoms with Crippen LogP contribution in [-0.4, -0.2) is 30.3 Å². The average molecular weight is 247 g/mol. The maximum absolute atomic E-state index is 11.5. The Labute approximate surface area is 101 Å². The molecule has 0 bridgehead atoms. The molecule has 2 N–H and O–H groups in total. The summed E-state index contributed by atoms with van der Waals surface area (Å²) in [4.78, 5) is 22.7. The third kappa shape index (κ3) is 4.84. The number of rotatable bonds is 3. The Hall–Kier alpha value is -0.770. The summed E-state index contributed by atoms with van der Waals surface area (Å²) in [5, 5.41) is 5.23. The van der Waals surface area contributed by atoms with E-state index in [1.165, 1.54) is 12.8 Å². The highest BCUT2D eigenvalue weighted by atomic mass is 35.5. The molecular weight excluding hydrogens is 228 g/mol. The molecule has 16 heavy (non-hydrogen) atoms. The lowest BCUT2D eigenvalue weighted by Crippen LogP contribution is -2.44. The molecule has 1 aliphatic rings. The van der Waals surface area contributed by atoms with Crippen LogP contribution in [0.3, 0.4) is 0 Å². The summed E-state index contributed by atoms with van der Waals surface area (Å²) in [5.41, 5.74) is 0. The maximum atomic E-state index is 11.5. The summed E-state index contributed by atoms with van der Waals surface area (Å²) < 4.78 is 0. The van der Waals surface area contributed by atoms with E-state index in [2.05, 4.69) is 10.6 Å². The van der Waals surface area contributed by atoms with Gasteiger partial charge in [-0.15, -0.1) is 11.6 Å². The smallest absolute Gasteiger partial charge is 0.309 e. The highest BCUT2D eigenvalue weighted by Crippen LogP contribution is 2.16. The lowest BCUT2D eigenvalue weighted by molar-refractivity contribution is -0.139. The molecule has 0 unspecified atom stereocenters. The molecule has 0 spiro atoms. The number of nitrogens with one attached hydrogen (secondary N) is 2. The van der Waals surface area contributed by atoms with E-state index in [0.29, 0.717) is 12.4 Å². The SMILES string of the molecule is O=C(NCCCl)C(=O)NC1CCCCCC1. The molecule has 92 valence electrons. The van der Waals surface area contributed by atoms with E-state index in [0.717, 1.165) is 25.7 Å². The lowest BCUT2D eigenvalue weighted by atomic mass is 10.1. The number of hydrogen-bond donors (Lipinski definition) is 2. The maximum Gasteiger partial charge on any atom is 0.309 e. The fourth-order valence-corrected chi connectivity index (χ4v) is 2.01. The van der Waals surface area contributed by atoms with Gasteiger partial charge in [-0.2, -0.15) is 0 Å². The van der Waals surface area contributed by atoms with Crippen molar-refractivity contribution in [3.8, 4) is 0 Å². The number of amides is 2. The topological polar surface area (TPSA) is 58.2 Å². The molecule has 0 heterocycles. The second-order valence-electron chi connectivity index (χ2n) is 4.11. The monoisotopic (exact) mass is 246 g/mol. The van der Waals surface area contributed by atoms with E-state index in [1.807, 2.05) is 0 Å². The number of alkyl halides is 1. The molecule has 1 saturated carbocycles. The van der Waals surface area contributed by atoms with Gasteiger partial charge < -0.3 is 10.6 Å². The molecule has 0 aliphatic heterocycles. The Morgan fingerprint density at radius 2 is 1.69 bits per heavy atom. The first-order valence-corrected chi connectivity index (χ1v) is 6.42. The Morgan fingerprint density at radius 1 is 1.06 bits per heavy atom. The number of hydrogen-bond acceptors (Lipinski definition) is 2. The highest BCUT2D eigenvalue weighted by molar-refractivity contribution is 6.35. The van der Waals surface area contributed by atoms with Crippen LogP contribution >= 0.6 is 11.6 Å². The van der Waals surface area contributed by atoms with Crippen LogP contribution in [0.2, 0.25) is 0 Å². The largest absolute Gasteiger partial charge is 0.347 e. The molecule has 0 aromatic heterocycles. The van der Waals surface area contributed by atoms with Gasteiger partial charge >= 0.3 is 11.8 Å². The number of carbonyl (C=O) groups is 2. The zero-order valence-corrected chi connectivity index (χ0v) is 10.2. The normalized spacial score (nSPS) is 17.6. The van der Waals surface area contributed by atoms with Crippen molar-refractivity contribution in [1.29, 1.82) is 0 Å². The molecule has 1 rings (SSSR count). The minimum absolute atomic E-state index is 0.164. The van der Waals surface area contributed by atoms with Crippen LogP contribution in [-0.2, 0) is 9.59 Å². The van der Waals surface area contributed by atoms with Gasteiger partial charge in [-0.1, -0.05) is 25.7 Å². The summed E-state index contributed by atoms with van der Waals surface area (Å²) in [6, 6.07) is 0.164. The van der Waals surface area contributed by atoms with Gasteiger partial charge in [0.2, 0.25) is 0 Å². The van der Waals surface area contributed by atoms with E-state index < -0.39 is 11.8 Å². The first-order chi connectivity index (χ1) is 7.74. The Bertz CT molecular complexity index is 238. The lowest BCUT2D eigenvalue weighted by Gasteiger charge is -2.15. The molecular formula is C11H19ClN2O2. The van der Waals surface area contributed by atoms with E-state index in [1.54, 1.807) is 0 Å². The minimum atomic E-state index is -0.579. The Kier molecular flexibility index (Phi) is 6.23. The van der Waals surface area contributed by atoms with Crippen LogP contribution < -0.4 is 10.6 Å². The summed E-state index contributed by atoms with van der Waals surface area (Å²) in [6.45, 7) is 0.332. The fourth-order valence-electron chi connectivity index (χ4n) is 1.92. The quantitative estimate of drug-likeness (QED) is 0.446. The Morgan fingerprint density at radius 3 is 2.25 bits per heavy atom. The predicted molar refractivity (Wildman–Crippen MR) is 63.4 cm³/mol. The fraction of sp³-hybridized carbons (Fsp3) is 0.818. The molecule has 0 saturated heterocycles. The zero-order chi connectivity index (χ0) is 11.8. The van der Waals surface area contributed by atoms with Gasteiger partial charge in [-0.3, -0.25) is 9.59 Å². The van der Waals surface area contributed by atoms with Crippen molar-refractivity contribution in [2.45, 2.75) is 44.6 Å². The molecule has 0 aromatic rings. The third-order valence-electron chi connectivity index (χ3n) is 2.78. The molecule has 0 atom stereocenters. The van der Waals surface area contributed by atoms with Crippen molar-refractivity contribution in [1.82, 2.24) is 10.6 Å². The van der Waals surface area contributed by atoms with Gasteiger partial charge in [0, 0.05) is 18.5 Å². The first-order valence-electron chi connectivity index (χ1n) is 5.88. The third-order valence-corrected chi connectivity index (χ3v) is 2.97. The summed E-state index contributed by atoms with van der Waals surface area (Å²) in [6.07, 6.45) is 6.68. The Balaban J connectivity index is 2.28. The molecule has 1 fully saturated rings. The van der Waals surface area contributed by atoms with Gasteiger partial charge in [0.05, 0.1) is 0 Å². The molecule has 4 nitrogen and oxygen atoms in total. The van der Waals surface area contributed by atoms with E-state index in [4.69, 9.17) is 11.6 Å². The van der Waals surface area contributed by atoms with Crippen molar-refractivity contribution in [2.75, 3.05) is 12.4 Å². The van der Waals surface area contributed by atoms with Gasteiger partial charge in [-0.25, -0.2) is 0 Å². The molecule has 1 aliphatic carbocycles. The molecule has 0 radical (unpaired) electrons. The van der Waals surface area contributed by atoms with E-state index in [9.17, 15) is 9.59 Å². The summed E-state index contributed by atoms with van der Waals surface area (Å²) >= 11 is 5.42. The number of carbonyl (C=O) groups excluding carboxylic acids is 2. The zero-order valence-electron chi connectivity index (χ0n) is 9.43. The van der Waals surface area contributed by atoms with E-state index in [-0.39, 0.29) is 6.04 Å². The number of halogens is 1. The molecule has 2 amide bonds. The van der Waals surface area contributed by atoms with Gasteiger partial charge in [-0.05, 0) is 12.8 Å². The second-order valence-corrected chi connectivity index (χ2v) is 4.48. The predicted octanol–water partition coefficient (Wildman–Crippen LogP) is 1.18. The minimum Gasteiger partial charge on any atom is -0.347 e. The first kappa shape index (κ1) is 13.3. The van der Waals surface area contributed by atoms with Crippen LogP contribution in [0.5, 0.6) is 0 Å².